The van der Waals surface area contributed by atoms with Crippen LogP contribution in [0, 0.1) is 5.92 Å². The molecule has 0 spiro atoms. The summed E-state index contributed by atoms with van der Waals surface area (Å²) in [5.74, 6) is 0.738. The first kappa shape index (κ1) is 15.3. The van der Waals surface area contributed by atoms with Gasteiger partial charge in [-0.25, -0.2) is 4.98 Å². The van der Waals surface area contributed by atoms with E-state index in [1.807, 2.05) is 30.9 Å². The van der Waals surface area contributed by atoms with Crippen molar-refractivity contribution in [3.8, 4) is 0 Å². The predicted octanol–water partition coefficient (Wildman–Crippen LogP) is 3.20. The van der Waals surface area contributed by atoms with Crippen molar-refractivity contribution < 1.29 is 0 Å². The monoisotopic (exact) mass is 321 g/mol. The summed E-state index contributed by atoms with van der Waals surface area (Å²) in [5, 5.41) is 1.21. The molecule has 1 fully saturated rings. The summed E-state index contributed by atoms with van der Waals surface area (Å²) in [5.41, 5.74) is 3.65. The van der Waals surface area contributed by atoms with Crippen molar-refractivity contribution in [2.45, 2.75) is 32.2 Å². The van der Waals surface area contributed by atoms with E-state index in [1.54, 1.807) is 6.33 Å². The van der Waals surface area contributed by atoms with Gasteiger partial charge < -0.3 is 4.98 Å². The quantitative estimate of drug-likeness (QED) is 0.802. The molecule has 0 saturated carbocycles. The number of nitrogens with one attached hydrogen (secondary N) is 1. The number of aromatic nitrogens is 4. The molecular formula is C19H23N5. The second-order valence-electron chi connectivity index (χ2n) is 6.72. The highest BCUT2D eigenvalue weighted by Gasteiger charge is 2.18. The number of hydrogen-bond donors (Lipinski definition) is 1. The normalized spacial score (nSPS) is 19.4. The number of likely N-dealkylation sites (tertiary alicyclic amines) is 1. The van der Waals surface area contributed by atoms with E-state index in [1.165, 1.54) is 42.5 Å². The van der Waals surface area contributed by atoms with E-state index in [4.69, 9.17) is 0 Å². The van der Waals surface area contributed by atoms with Crippen LogP contribution in [0.25, 0.3) is 10.9 Å². The topological polar surface area (TPSA) is 57.7 Å². The lowest BCUT2D eigenvalue weighted by Crippen LogP contribution is -2.24. The van der Waals surface area contributed by atoms with E-state index in [0.717, 1.165) is 30.9 Å². The van der Waals surface area contributed by atoms with Crippen LogP contribution in [0.5, 0.6) is 0 Å². The fourth-order valence-electron chi connectivity index (χ4n) is 3.73. The first-order chi connectivity index (χ1) is 11.9. The van der Waals surface area contributed by atoms with Crippen LogP contribution in [-0.2, 0) is 13.0 Å². The van der Waals surface area contributed by atoms with Gasteiger partial charge in [0.1, 0.15) is 0 Å². The van der Waals surface area contributed by atoms with Crippen molar-refractivity contribution in [2.75, 3.05) is 13.1 Å². The molecule has 1 aliphatic rings. The van der Waals surface area contributed by atoms with Crippen LogP contribution >= 0.6 is 0 Å². The van der Waals surface area contributed by atoms with E-state index in [0.29, 0.717) is 0 Å². The number of hydrogen-bond acceptors (Lipinski definition) is 4. The molecule has 1 aliphatic heterocycles. The summed E-state index contributed by atoms with van der Waals surface area (Å²) >= 11 is 0. The van der Waals surface area contributed by atoms with Crippen LogP contribution in [-0.4, -0.2) is 37.9 Å². The highest BCUT2D eigenvalue weighted by molar-refractivity contribution is 5.80. The Morgan fingerprint density at radius 2 is 2.08 bits per heavy atom. The predicted molar refractivity (Wildman–Crippen MR) is 94.4 cm³/mol. The molecule has 0 aromatic carbocycles. The minimum atomic E-state index is 0.738. The Morgan fingerprint density at radius 3 is 3.00 bits per heavy atom. The summed E-state index contributed by atoms with van der Waals surface area (Å²) in [6.45, 7) is 3.31. The van der Waals surface area contributed by atoms with Gasteiger partial charge in [-0.3, -0.25) is 14.9 Å². The van der Waals surface area contributed by atoms with Gasteiger partial charge in [-0.2, -0.15) is 0 Å². The van der Waals surface area contributed by atoms with Crippen molar-refractivity contribution >= 4 is 10.9 Å². The van der Waals surface area contributed by atoms with E-state index < -0.39 is 0 Å². The summed E-state index contributed by atoms with van der Waals surface area (Å²) in [4.78, 5) is 18.6. The number of imidazole rings is 1. The maximum absolute atomic E-state index is 4.45. The molecule has 0 unspecified atom stereocenters. The van der Waals surface area contributed by atoms with E-state index in [9.17, 15) is 0 Å². The summed E-state index contributed by atoms with van der Waals surface area (Å²) in [7, 11) is 0. The van der Waals surface area contributed by atoms with Crippen molar-refractivity contribution in [1.82, 2.24) is 24.8 Å². The first-order valence-electron chi connectivity index (χ1n) is 8.76. The minimum Gasteiger partial charge on any atom is -0.347 e. The maximum Gasteiger partial charge on any atom is 0.0922 e. The largest absolute Gasteiger partial charge is 0.347 e. The van der Waals surface area contributed by atoms with Gasteiger partial charge in [-0.1, -0.05) is 0 Å². The molecule has 124 valence electrons. The van der Waals surface area contributed by atoms with Crippen molar-refractivity contribution in [3.05, 3.63) is 54.5 Å². The lowest BCUT2D eigenvalue weighted by Gasteiger charge is -2.19. The molecular weight excluding hydrogens is 298 g/mol. The molecule has 5 nitrogen and oxygen atoms in total. The molecule has 0 aliphatic carbocycles. The molecule has 3 aromatic rings. The average molecular weight is 321 g/mol. The van der Waals surface area contributed by atoms with E-state index in [-0.39, 0.29) is 0 Å². The molecule has 1 atom stereocenters. The Labute approximate surface area is 142 Å². The van der Waals surface area contributed by atoms with Crippen LogP contribution in [0.1, 0.15) is 30.5 Å². The van der Waals surface area contributed by atoms with Gasteiger partial charge in [0.05, 0.1) is 11.8 Å². The lowest BCUT2D eigenvalue weighted by molar-refractivity contribution is 0.269. The number of aromatic amines is 1. The fraction of sp³-hybridized carbons (Fsp3) is 0.421. The van der Waals surface area contributed by atoms with Crippen molar-refractivity contribution in [3.63, 3.8) is 0 Å². The second-order valence-corrected chi connectivity index (χ2v) is 6.72. The van der Waals surface area contributed by atoms with E-state index >= 15 is 0 Å². The van der Waals surface area contributed by atoms with Crippen molar-refractivity contribution in [1.29, 1.82) is 0 Å². The third kappa shape index (κ3) is 3.46. The Morgan fingerprint density at radius 1 is 1.08 bits per heavy atom. The van der Waals surface area contributed by atoms with Gasteiger partial charge in [-0.05, 0) is 62.4 Å². The fourth-order valence-corrected chi connectivity index (χ4v) is 3.73. The Hall–Kier alpha value is -2.27. The molecule has 0 amide bonds. The van der Waals surface area contributed by atoms with Gasteiger partial charge in [-0.15, -0.1) is 0 Å². The highest BCUT2D eigenvalue weighted by Crippen LogP contribution is 2.25. The molecule has 24 heavy (non-hydrogen) atoms. The number of H-pyrrole nitrogens is 1. The zero-order chi connectivity index (χ0) is 16.2. The molecule has 1 N–H and O–H groups in total. The van der Waals surface area contributed by atoms with Gasteiger partial charge >= 0.3 is 0 Å². The van der Waals surface area contributed by atoms with Crippen LogP contribution in [0.3, 0.4) is 0 Å². The van der Waals surface area contributed by atoms with Crippen LogP contribution in [0.4, 0.5) is 0 Å². The smallest absolute Gasteiger partial charge is 0.0922 e. The Kier molecular flexibility index (Phi) is 4.51. The third-order valence-corrected chi connectivity index (χ3v) is 5.03. The molecule has 4 heterocycles. The number of nitrogens with zero attached hydrogens (tertiary/aromatic N) is 4. The van der Waals surface area contributed by atoms with Crippen LogP contribution < -0.4 is 0 Å². The zero-order valence-corrected chi connectivity index (χ0v) is 13.9. The average Bonchev–Trinajstić information content (AvgIpc) is 3.03. The van der Waals surface area contributed by atoms with Gasteiger partial charge in [0.15, 0.2) is 0 Å². The van der Waals surface area contributed by atoms with Crippen LogP contribution in [0.2, 0.25) is 0 Å². The Balaban J connectivity index is 1.42. The van der Waals surface area contributed by atoms with Crippen molar-refractivity contribution in [2.24, 2.45) is 5.92 Å². The molecule has 0 bridgehead atoms. The molecule has 3 aromatic heterocycles. The number of pyridine rings is 2. The summed E-state index contributed by atoms with van der Waals surface area (Å²) in [6.07, 6.45) is 14.3. The number of fused-ring (bicyclic) bond motifs is 1. The maximum atomic E-state index is 4.45. The third-order valence-electron chi connectivity index (χ3n) is 5.03. The molecule has 4 rings (SSSR count). The first-order valence-corrected chi connectivity index (χ1v) is 8.76. The summed E-state index contributed by atoms with van der Waals surface area (Å²) < 4.78 is 0. The minimum absolute atomic E-state index is 0.738. The lowest BCUT2D eigenvalue weighted by atomic mass is 9.92. The summed E-state index contributed by atoms with van der Waals surface area (Å²) in [6, 6.07) is 4.16. The molecule has 0 radical (unpaired) electrons. The highest BCUT2D eigenvalue weighted by atomic mass is 15.1. The van der Waals surface area contributed by atoms with Gasteiger partial charge in [0.25, 0.3) is 0 Å². The van der Waals surface area contributed by atoms with Crippen LogP contribution in [0.15, 0.2) is 43.2 Å². The second kappa shape index (κ2) is 7.09. The SMILES string of the molecule is c1cc2nccc(C[C@@H]3CCCN(Cc4cnc[nH]4)CC3)c2cn1. The zero-order valence-electron chi connectivity index (χ0n) is 13.9. The van der Waals surface area contributed by atoms with Gasteiger partial charge in [0.2, 0.25) is 0 Å². The van der Waals surface area contributed by atoms with E-state index in [2.05, 4.69) is 30.9 Å². The van der Waals surface area contributed by atoms with Gasteiger partial charge in [0, 0.05) is 42.4 Å². The Bertz CT molecular complexity index is 778. The number of rotatable bonds is 4. The molecule has 5 heteroatoms. The molecule has 1 saturated heterocycles. The standard InChI is InChI=1S/C19H23N5/c1-2-15(5-9-24(8-1)13-17-11-21-14-23-17)10-16-3-7-22-19-4-6-20-12-18(16)19/h3-4,6-7,11-12,14-15H,1-2,5,8-10,13H2,(H,21,23)/t15-/m1/s1.